The average Bonchev–Trinajstić information content (AvgIpc) is 3.19. The second-order valence-electron chi connectivity index (χ2n) is 4.82. The summed E-state index contributed by atoms with van der Waals surface area (Å²) >= 11 is 2.66. The van der Waals surface area contributed by atoms with Crippen LogP contribution in [0.3, 0.4) is 0 Å². The molecule has 9 heteroatoms. The number of aryl methyl sites for hydroxylation is 2. The van der Waals surface area contributed by atoms with Gasteiger partial charge in [-0.2, -0.15) is 4.68 Å². The molecule has 0 saturated carbocycles. The van der Waals surface area contributed by atoms with E-state index < -0.39 is 0 Å². The SMILES string of the molecule is Cc1ccc(-n2nnnc2SCC(=O)Nc2nccs2)cc1C. The molecule has 0 aliphatic heterocycles. The zero-order valence-corrected chi connectivity index (χ0v) is 14.2. The van der Waals surface area contributed by atoms with Crippen LogP contribution >= 0.6 is 23.1 Å². The number of nitrogens with zero attached hydrogens (tertiary/aromatic N) is 5. The van der Waals surface area contributed by atoms with Gasteiger partial charge in [-0.3, -0.25) is 4.79 Å². The first kappa shape index (κ1) is 15.6. The predicted octanol–water partition coefficient (Wildman–Crippen LogP) is 2.47. The molecule has 0 aliphatic rings. The fraction of sp³-hybridized carbons (Fsp3) is 0.214. The van der Waals surface area contributed by atoms with Gasteiger partial charge in [0.2, 0.25) is 11.1 Å². The quantitative estimate of drug-likeness (QED) is 0.714. The topological polar surface area (TPSA) is 85.6 Å². The maximum Gasteiger partial charge on any atom is 0.236 e. The number of hydrogen-bond acceptors (Lipinski definition) is 7. The Balaban J connectivity index is 1.68. The van der Waals surface area contributed by atoms with Gasteiger partial charge in [0.25, 0.3) is 0 Å². The molecule has 2 aromatic heterocycles. The van der Waals surface area contributed by atoms with Crippen LogP contribution in [-0.4, -0.2) is 36.9 Å². The third kappa shape index (κ3) is 3.74. The molecule has 0 radical (unpaired) electrons. The van der Waals surface area contributed by atoms with E-state index in [0.29, 0.717) is 10.3 Å². The van der Waals surface area contributed by atoms with Gasteiger partial charge in [-0.25, -0.2) is 4.98 Å². The highest BCUT2D eigenvalue weighted by Crippen LogP contribution is 2.20. The molecule has 3 aromatic rings. The summed E-state index contributed by atoms with van der Waals surface area (Å²) in [5, 5.41) is 17.4. The number of benzene rings is 1. The van der Waals surface area contributed by atoms with Crippen LogP contribution < -0.4 is 5.32 Å². The highest BCUT2D eigenvalue weighted by Gasteiger charge is 2.12. The Morgan fingerprint density at radius 2 is 2.22 bits per heavy atom. The first-order valence-corrected chi connectivity index (χ1v) is 8.68. The standard InChI is InChI=1S/C14H14N6OS2/c1-9-3-4-11(7-10(9)2)20-14(17-18-19-20)23-8-12(21)16-13-15-5-6-22-13/h3-7H,8H2,1-2H3,(H,15,16,21). The number of carbonyl (C=O) groups is 1. The lowest BCUT2D eigenvalue weighted by Crippen LogP contribution is -2.14. The first-order valence-electron chi connectivity index (χ1n) is 6.81. The molecule has 0 bridgehead atoms. The van der Waals surface area contributed by atoms with Crippen LogP contribution in [0.4, 0.5) is 5.13 Å². The zero-order valence-electron chi connectivity index (χ0n) is 12.6. The normalized spacial score (nSPS) is 10.7. The molecule has 1 amide bonds. The van der Waals surface area contributed by atoms with Gasteiger partial charge in [-0.05, 0) is 47.5 Å². The van der Waals surface area contributed by atoms with E-state index in [0.717, 1.165) is 11.3 Å². The Labute approximate surface area is 141 Å². The van der Waals surface area contributed by atoms with E-state index in [-0.39, 0.29) is 11.7 Å². The molecule has 7 nitrogen and oxygen atoms in total. The van der Waals surface area contributed by atoms with Crippen molar-refractivity contribution in [1.29, 1.82) is 0 Å². The number of aromatic nitrogens is 5. The minimum Gasteiger partial charge on any atom is -0.301 e. The van der Waals surface area contributed by atoms with Gasteiger partial charge in [0, 0.05) is 11.6 Å². The van der Waals surface area contributed by atoms with Crippen molar-refractivity contribution < 1.29 is 4.79 Å². The highest BCUT2D eigenvalue weighted by molar-refractivity contribution is 7.99. The fourth-order valence-electron chi connectivity index (χ4n) is 1.86. The molecule has 1 N–H and O–H groups in total. The van der Waals surface area contributed by atoms with Crippen molar-refractivity contribution in [1.82, 2.24) is 25.2 Å². The summed E-state index contributed by atoms with van der Waals surface area (Å²) in [6, 6.07) is 6.00. The lowest BCUT2D eigenvalue weighted by molar-refractivity contribution is -0.113. The molecule has 118 valence electrons. The smallest absolute Gasteiger partial charge is 0.236 e. The van der Waals surface area contributed by atoms with Crippen LogP contribution in [0.1, 0.15) is 11.1 Å². The molecule has 3 rings (SSSR count). The van der Waals surface area contributed by atoms with Crippen LogP contribution in [0.15, 0.2) is 34.9 Å². The van der Waals surface area contributed by atoms with E-state index in [4.69, 9.17) is 0 Å². The number of rotatable bonds is 5. The van der Waals surface area contributed by atoms with Crippen LogP contribution in [-0.2, 0) is 4.79 Å². The Kier molecular flexibility index (Phi) is 4.68. The van der Waals surface area contributed by atoms with E-state index in [9.17, 15) is 4.79 Å². The lowest BCUT2D eigenvalue weighted by Gasteiger charge is -2.06. The summed E-state index contributed by atoms with van der Waals surface area (Å²) in [6.07, 6.45) is 1.65. The molecule has 0 fully saturated rings. The number of nitrogens with one attached hydrogen (secondary N) is 1. The summed E-state index contributed by atoms with van der Waals surface area (Å²) in [7, 11) is 0. The maximum absolute atomic E-state index is 11.9. The summed E-state index contributed by atoms with van der Waals surface area (Å²) in [6.45, 7) is 4.09. The van der Waals surface area contributed by atoms with Crippen molar-refractivity contribution in [3.63, 3.8) is 0 Å². The van der Waals surface area contributed by atoms with Crippen LogP contribution in [0.25, 0.3) is 5.69 Å². The third-order valence-electron chi connectivity index (χ3n) is 3.19. The minimum absolute atomic E-state index is 0.139. The summed E-state index contributed by atoms with van der Waals surface area (Å²) in [5.41, 5.74) is 3.25. The number of carbonyl (C=O) groups excluding carboxylic acids is 1. The van der Waals surface area contributed by atoms with Crippen LogP contribution in [0.2, 0.25) is 0 Å². The summed E-state index contributed by atoms with van der Waals surface area (Å²) in [4.78, 5) is 15.9. The van der Waals surface area contributed by atoms with Gasteiger partial charge in [0.05, 0.1) is 11.4 Å². The number of tetrazole rings is 1. The minimum atomic E-state index is -0.139. The molecule has 0 unspecified atom stereocenters. The Hall–Kier alpha value is -2.26. The first-order chi connectivity index (χ1) is 11.1. The summed E-state index contributed by atoms with van der Waals surface area (Å²) < 4.78 is 1.63. The number of anilines is 1. The van der Waals surface area contributed by atoms with Gasteiger partial charge >= 0.3 is 0 Å². The van der Waals surface area contributed by atoms with Gasteiger partial charge in [0.15, 0.2) is 5.13 Å². The molecule has 2 heterocycles. The maximum atomic E-state index is 11.9. The second-order valence-corrected chi connectivity index (χ2v) is 6.65. The van der Waals surface area contributed by atoms with Gasteiger partial charge < -0.3 is 5.32 Å². The van der Waals surface area contributed by atoms with Crippen molar-refractivity contribution in [2.45, 2.75) is 19.0 Å². The van der Waals surface area contributed by atoms with E-state index in [1.807, 2.05) is 30.5 Å². The van der Waals surface area contributed by atoms with E-state index in [1.54, 1.807) is 10.9 Å². The van der Waals surface area contributed by atoms with Crippen molar-refractivity contribution in [3.05, 3.63) is 40.9 Å². The van der Waals surface area contributed by atoms with Gasteiger partial charge in [-0.15, -0.1) is 16.4 Å². The molecule has 1 aromatic carbocycles. The van der Waals surface area contributed by atoms with Crippen molar-refractivity contribution >= 4 is 34.1 Å². The lowest BCUT2D eigenvalue weighted by atomic mass is 10.1. The number of amides is 1. The van der Waals surface area contributed by atoms with Crippen LogP contribution in [0.5, 0.6) is 0 Å². The molecule has 0 saturated heterocycles. The Bertz CT molecular complexity index is 815. The highest BCUT2D eigenvalue weighted by atomic mass is 32.2. The Morgan fingerprint density at radius 1 is 1.35 bits per heavy atom. The number of thiazole rings is 1. The van der Waals surface area contributed by atoms with E-state index in [2.05, 4.69) is 32.7 Å². The van der Waals surface area contributed by atoms with Crippen molar-refractivity contribution in [2.24, 2.45) is 0 Å². The Morgan fingerprint density at radius 3 is 2.96 bits per heavy atom. The van der Waals surface area contributed by atoms with E-state index >= 15 is 0 Å². The largest absolute Gasteiger partial charge is 0.301 e. The molecule has 0 aliphatic carbocycles. The van der Waals surface area contributed by atoms with Gasteiger partial charge in [0.1, 0.15) is 0 Å². The molecule has 0 atom stereocenters. The zero-order chi connectivity index (χ0) is 16.2. The third-order valence-corrected chi connectivity index (χ3v) is 4.79. The summed E-state index contributed by atoms with van der Waals surface area (Å²) in [5.74, 6) is 0.0738. The van der Waals surface area contributed by atoms with Gasteiger partial charge in [-0.1, -0.05) is 17.8 Å². The average molecular weight is 346 g/mol. The second kappa shape index (κ2) is 6.88. The number of thioether (sulfide) groups is 1. The number of hydrogen-bond donors (Lipinski definition) is 1. The van der Waals surface area contributed by atoms with E-state index in [1.165, 1.54) is 28.7 Å². The molecule has 0 spiro atoms. The molecular formula is C14H14N6OS2. The molecule has 23 heavy (non-hydrogen) atoms. The molecular weight excluding hydrogens is 332 g/mol. The van der Waals surface area contributed by atoms with Crippen molar-refractivity contribution in [3.8, 4) is 5.69 Å². The predicted molar refractivity (Wildman–Crippen MR) is 90.1 cm³/mol. The monoisotopic (exact) mass is 346 g/mol. The van der Waals surface area contributed by atoms with Crippen LogP contribution in [0, 0.1) is 13.8 Å². The van der Waals surface area contributed by atoms with Crippen molar-refractivity contribution in [2.75, 3.05) is 11.1 Å². The fourth-order valence-corrected chi connectivity index (χ4v) is 3.09.